The fourth-order valence-corrected chi connectivity index (χ4v) is 4.94. The summed E-state index contributed by atoms with van der Waals surface area (Å²) in [5.74, 6) is 0.430. The lowest BCUT2D eigenvalue weighted by molar-refractivity contribution is 0.0702. The Labute approximate surface area is 181 Å². The van der Waals surface area contributed by atoms with E-state index in [0.717, 1.165) is 16.7 Å². The van der Waals surface area contributed by atoms with E-state index in [2.05, 4.69) is 4.72 Å². The lowest BCUT2D eigenvalue weighted by atomic mass is 9.99. The highest BCUT2D eigenvalue weighted by Crippen LogP contribution is 2.29. The number of amides is 1. The Hall–Kier alpha value is -3.26. The molecule has 162 valence electrons. The largest absolute Gasteiger partial charge is 0.492 e. The second kappa shape index (κ2) is 8.47. The number of nitrogens with one attached hydrogen (secondary N) is 1. The maximum Gasteiger partial charge on any atom is 0.289 e. The molecule has 31 heavy (non-hydrogen) atoms. The van der Waals surface area contributed by atoms with Crippen LogP contribution in [0.3, 0.4) is 0 Å². The number of nitrogens with zero attached hydrogens (tertiary/aromatic N) is 1. The molecule has 0 aliphatic carbocycles. The number of fused-ring (bicyclic) bond motifs is 1. The molecule has 1 N–H and O–H groups in total. The first-order valence-corrected chi connectivity index (χ1v) is 11.6. The number of benzene rings is 2. The third kappa shape index (κ3) is 4.44. The van der Waals surface area contributed by atoms with Gasteiger partial charge in [-0.15, -0.1) is 0 Å². The summed E-state index contributed by atoms with van der Waals surface area (Å²) in [5.41, 5.74) is 3.26. The predicted octanol–water partition coefficient (Wildman–Crippen LogP) is 3.99. The van der Waals surface area contributed by atoms with Crippen molar-refractivity contribution in [2.24, 2.45) is 0 Å². The summed E-state index contributed by atoms with van der Waals surface area (Å²) in [4.78, 5) is 14.4. The van der Waals surface area contributed by atoms with E-state index in [0.29, 0.717) is 43.3 Å². The number of rotatable bonds is 6. The number of carbonyl (C=O) groups excluding carboxylic acids is 1. The summed E-state index contributed by atoms with van der Waals surface area (Å²) in [6.45, 7) is 4.98. The van der Waals surface area contributed by atoms with E-state index in [1.54, 1.807) is 41.3 Å². The van der Waals surface area contributed by atoms with E-state index in [4.69, 9.17) is 9.15 Å². The SMILES string of the molecule is CCOc1ccc(C)cc1S(=O)(=O)Nc1ccc2c(c1)CN(C(=O)c1ccco1)CC2. The summed E-state index contributed by atoms with van der Waals surface area (Å²) < 4.78 is 39.5. The van der Waals surface area contributed by atoms with Crippen LogP contribution in [0.25, 0.3) is 0 Å². The van der Waals surface area contributed by atoms with Crippen LogP contribution in [-0.4, -0.2) is 32.4 Å². The van der Waals surface area contributed by atoms with Gasteiger partial charge in [0.15, 0.2) is 5.76 Å². The van der Waals surface area contributed by atoms with Crippen LogP contribution < -0.4 is 9.46 Å². The summed E-state index contributed by atoms with van der Waals surface area (Å²) in [7, 11) is -3.85. The van der Waals surface area contributed by atoms with Crippen molar-refractivity contribution in [3.63, 3.8) is 0 Å². The number of ether oxygens (including phenoxy) is 1. The van der Waals surface area contributed by atoms with Crippen LogP contribution in [-0.2, 0) is 23.0 Å². The molecule has 0 unspecified atom stereocenters. The Morgan fingerprint density at radius 1 is 1.16 bits per heavy atom. The van der Waals surface area contributed by atoms with Gasteiger partial charge in [-0.05, 0) is 73.4 Å². The molecule has 3 aromatic rings. The minimum atomic E-state index is -3.85. The molecule has 7 nitrogen and oxygen atoms in total. The maximum absolute atomic E-state index is 13.1. The number of anilines is 1. The summed E-state index contributed by atoms with van der Waals surface area (Å²) >= 11 is 0. The summed E-state index contributed by atoms with van der Waals surface area (Å²) in [6, 6.07) is 13.8. The minimum Gasteiger partial charge on any atom is -0.492 e. The van der Waals surface area contributed by atoms with Gasteiger partial charge < -0.3 is 14.1 Å². The van der Waals surface area contributed by atoms with Crippen molar-refractivity contribution in [2.45, 2.75) is 31.7 Å². The second-order valence-electron chi connectivity index (χ2n) is 7.43. The van der Waals surface area contributed by atoms with Crippen LogP contribution in [0.1, 0.15) is 34.2 Å². The van der Waals surface area contributed by atoms with Crippen molar-refractivity contribution in [1.82, 2.24) is 4.90 Å². The molecule has 2 aromatic carbocycles. The molecule has 2 heterocycles. The minimum absolute atomic E-state index is 0.0988. The van der Waals surface area contributed by atoms with Crippen LogP contribution in [0, 0.1) is 6.92 Å². The lowest BCUT2D eigenvalue weighted by Crippen LogP contribution is -2.35. The average Bonchev–Trinajstić information content (AvgIpc) is 3.28. The van der Waals surface area contributed by atoms with Crippen molar-refractivity contribution in [3.05, 3.63) is 77.2 Å². The highest BCUT2D eigenvalue weighted by atomic mass is 32.2. The molecular formula is C23H24N2O5S. The molecule has 1 amide bonds. The van der Waals surface area contributed by atoms with Gasteiger partial charge in [0.2, 0.25) is 0 Å². The average molecular weight is 441 g/mol. The van der Waals surface area contributed by atoms with Gasteiger partial charge in [-0.3, -0.25) is 9.52 Å². The normalized spacial score (nSPS) is 13.5. The fraction of sp³-hybridized carbons (Fsp3) is 0.261. The smallest absolute Gasteiger partial charge is 0.289 e. The Morgan fingerprint density at radius 2 is 2.00 bits per heavy atom. The molecule has 0 saturated heterocycles. The van der Waals surface area contributed by atoms with Crippen molar-refractivity contribution in [1.29, 1.82) is 0 Å². The van der Waals surface area contributed by atoms with E-state index in [9.17, 15) is 13.2 Å². The first kappa shape index (κ1) is 21.0. The summed E-state index contributed by atoms with van der Waals surface area (Å²) in [5, 5.41) is 0. The molecule has 8 heteroatoms. The van der Waals surface area contributed by atoms with Gasteiger partial charge in [-0.25, -0.2) is 8.42 Å². The number of furan rings is 1. The van der Waals surface area contributed by atoms with E-state index in [1.165, 1.54) is 6.26 Å². The Morgan fingerprint density at radius 3 is 2.74 bits per heavy atom. The first-order chi connectivity index (χ1) is 14.9. The van der Waals surface area contributed by atoms with E-state index in [1.807, 2.05) is 26.0 Å². The van der Waals surface area contributed by atoms with Gasteiger partial charge in [-0.2, -0.15) is 0 Å². The number of hydrogen-bond donors (Lipinski definition) is 1. The Bertz CT molecular complexity index is 1200. The predicted molar refractivity (Wildman–Crippen MR) is 117 cm³/mol. The van der Waals surface area contributed by atoms with Gasteiger partial charge in [0, 0.05) is 18.8 Å². The number of sulfonamides is 1. The van der Waals surface area contributed by atoms with Gasteiger partial charge >= 0.3 is 0 Å². The Kier molecular flexibility index (Phi) is 5.73. The molecule has 0 saturated carbocycles. The molecule has 0 atom stereocenters. The van der Waals surface area contributed by atoms with Crippen LogP contribution >= 0.6 is 0 Å². The third-order valence-corrected chi connectivity index (χ3v) is 6.58. The van der Waals surface area contributed by atoms with Gasteiger partial charge in [0.25, 0.3) is 15.9 Å². The fourth-order valence-electron chi connectivity index (χ4n) is 3.66. The van der Waals surface area contributed by atoms with Crippen LogP contribution in [0.15, 0.2) is 64.1 Å². The van der Waals surface area contributed by atoms with Gasteiger partial charge in [0.1, 0.15) is 10.6 Å². The quantitative estimate of drug-likeness (QED) is 0.626. The zero-order valence-electron chi connectivity index (χ0n) is 17.4. The maximum atomic E-state index is 13.1. The molecule has 1 aliphatic heterocycles. The number of hydrogen-bond acceptors (Lipinski definition) is 5. The lowest BCUT2D eigenvalue weighted by Gasteiger charge is -2.28. The molecule has 1 aromatic heterocycles. The highest BCUT2D eigenvalue weighted by Gasteiger charge is 2.25. The van der Waals surface area contributed by atoms with Crippen molar-refractivity contribution in [2.75, 3.05) is 17.9 Å². The van der Waals surface area contributed by atoms with Crippen molar-refractivity contribution >= 4 is 21.6 Å². The van der Waals surface area contributed by atoms with Gasteiger partial charge in [-0.1, -0.05) is 12.1 Å². The monoisotopic (exact) mass is 440 g/mol. The van der Waals surface area contributed by atoms with Crippen molar-refractivity contribution < 1.29 is 22.4 Å². The molecule has 0 spiro atoms. The van der Waals surface area contributed by atoms with E-state index < -0.39 is 10.0 Å². The van der Waals surface area contributed by atoms with E-state index in [-0.39, 0.29) is 10.8 Å². The highest BCUT2D eigenvalue weighted by molar-refractivity contribution is 7.92. The van der Waals surface area contributed by atoms with Crippen LogP contribution in [0.5, 0.6) is 5.75 Å². The first-order valence-electron chi connectivity index (χ1n) is 10.1. The van der Waals surface area contributed by atoms with Crippen molar-refractivity contribution in [3.8, 4) is 5.75 Å². The topological polar surface area (TPSA) is 88.9 Å². The van der Waals surface area contributed by atoms with Crippen LogP contribution in [0.4, 0.5) is 5.69 Å². The Balaban J connectivity index is 1.58. The zero-order chi connectivity index (χ0) is 22.0. The molecular weight excluding hydrogens is 416 g/mol. The third-order valence-electron chi connectivity index (χ3n) is 5.18. The standard InChI is InChI=1S/C23H24N2O5S/c1-3-29-20-9-6-16(2)13-22(20)31(27,28)24-19-8-7-17-10-11-25(15-18(17)14-19)23(26)21-5-4-12-30-21/h4-9,12-14,24H,3,10-11,15H2,1-2H3. The van der Waals surface area contributed by atoms with E-state index >= 15 is 0 Å². The van der Waals surface area contributed by atoms with Gasteiger partial charge in [0.05, 0.1) is 12.9 Å². The molecule has 0 fully saturated rings. The second-order valence-corrected chi connectivity index (χ2v) is 9.08. The van der Waals surface area contributed by atoms with Crippen LogP contribution in [0.2, 0.25) is 0 Å². The molecule has 0 bridgehead atoms. The number of carbonyl (C=O) groups is 1. The molecule has 0 radical (unpaired) electrons. The molecule has 4 rings (SSSR count). The molecule has 1 aliphatic rings. The summed E-state index contributed by atoms with van der Waals surface area (Å²) in [6.07, 6.45) is 2.17. The number of aryl methyl sites for hydroxylation is 1. The zero-order valence-corrected chi connectivity index (χ0v) is 18.2.